The highest BCUT2D eigenvalue weighted by Gasteiger charge is 2.30. The summed E-state index contributed by atoms with van der Waals surface area (Å²) in [6.07, 6.45) is 1.65. The minimum absolute atomic E-state index is 0.371. The Hall–Kier alpha value is -0.770. The number of aliphatic carboxylic acids is 1. The lowest BCUT2D eigenvalue weighted by Gasteiger charge is -2.21. The number of halogens is 2. The van der Waals surface area contributed by atoms with E-state index in [9.17, 15) is 4.79 Å². The lowest BCUT2D eigenvalue weighted by molar-refractivity contribution is -0.142. The van der Waals surface area contributed by atoms with E-state index in [4.69, 9.17) is 28.3 Å². The van der Waals surface area contributed by atoms with Gasteiger partial charge in [-0.3, -0.25) is 9.69 Å². The number of carbonyl (C=O) groups is 1. The Morgan fingerprint density at radius 1 is 1.41 bits per heavy atom. The van der Waals surface area contributed by atoms with Crippen LogP contribution in [-0.2, 0) is 11.3 Å². The Bertz CT molecular complexity index is 437. The molecule has 1 N–H and O–H groups in total. The van der Waals surface area contributed by atoms with Crippen LogP contribution in [0.1, 0.15) is 18.4 Å². The molecule has 1 saturated heterocycles. The second kappa shape index (κ2) is 5.25. The quantitative estimate of drug-likeness (QED) is 0.921. The van der Waals surface area contributed by atoms with Crippen molar-refractivity contribution in [3.63, 3.8) is 0 Å². The largest absolute Gasteiger partial charge is 0.480 e. The second-order valence-electron chi connectivity index (χ2n) is 4.22. The average Bonchev–Trinajstić information content (AvgIpc) is 2.72. The first kappa shape index (κ1) is 12.7. The van der Waals surface area contributed by atoms with Crippen LogP contribution in [0.4, 0.5) is 0 Å². The highest BCUT2D eigenvalue weighted by molar-refractivity contribution is 6.42. The van der Waals surface area contributed by atoms with Crippen LogP contribution >= 0.6 is 23.2 Å². The van der Waals surface area contributed by atoms with Crippen LogP contribution in [0, 0.1) is 0 Å². The van der Waals surface area contributed by atoms with Gasteiger partial charge in [-0.2, -0.15) is 0 Å². The predicted octanol–water partition coefficient (Wildman–Crippen LogP) is 3.04. The summed E-state index contributed by atoms with van der Waals surface area (Å²) >= 11 is 11.8. The van der Waals surface area contributed by atoms with Crippen LogP contribution in [-0.4, -0.2) is 28.6 Å². The van der Waals surface area contributed by atoms with Crippen LogP contribution in [0.15, 0.2) is 18.2 Å². The Morgan fingerprint density at radius 2 is 2.18 bits per heavy atom. The summed E-state index contributed by atoms with van der Waals surface area (Å²) in [5, 5.41) is 10.1. The number of carboxylic acid groups (broad SMARTS) is 1. The monoisotopic (exact) mass is 273 g/mol. The third-order valence-electron chi connectivity index (χ3n) is 3.02. The van der Waals surface area contributed by atoms with Crippen molar-refractivity contribution in [2.24, 2.45) is 0 Å². The van der Waals surface area contributed by atoms with Gasteiger partial charge in [-0.15, -0.1) is 0 Å². The first-order valence-corrected chi connectivity index (χ1v) is 6.24. The third-order valence-corrected chi connectivity index (χ3v) is 3.76. The van der Waals surface area contributed by atoms with E-state index < -0.39 is 5.97 Å². The van der Waals surface area contributed by atoms with Gasteiger partial charge < -0.3 is 5.11 Å². The fourth-order valence-corrected chi connectivity index (χ4v) is 2.49. The molecule has 1 aliphatic rings. The van der Waals surface area contributed by atoms with Gasteiger partial charge in [0.15, 0.2) is 0 Å². The van der Waals surface area contributed by atoms with Gasteiger partial charge in [-0.1, -0.05) is 29.3 Å². The molecule has 0 saturated carbocycles. The van der Waals surface area contributed by atoms with Gasteiger partial charge >= 0.3 is 5.97 Å². The summed E-state index contributed by atoms with van der Waals surface area (Å²) in [5.41, 5.74) is 0.993. The van der Waals surface area contributed by atoms with Gasteiger partial charge in [-0.25, -0.2) is 0 Å². The van der Waals surface area contributed by atoms with Crippen molar-refractivity contribution < 1.29 is 9.90 Å². The van der Waals surface area contributed by atoms with Crippen LogP contribution < -0.4 is 0 Å². The van der Waals surface area contributed by atoms with E-state index >= 15 is 0 Å². The minimum atomic E-state index is -0.748. The lowest BCUT2D eigenvalue weighted by atomic mass is 10.2. The summed E-state index contributed by atoms with van der Waals surface area (Å²) in [5.74, 6) is -0.748. The van der Waals surface area contributed by atoms with Crippen LogP contribution in [0.5, 0.6) is 0 Å². The van der Waals surface area contributed by atoms with E-state index in [2.05, 4.69) is 0 Å². The van der Waals surface area contributed by atoms with Gasteiger partial charge in [0.1, 0.15) is 6.04 Å². The number of benzene rings is 1. The second-order valence-corrected chi connectivity index (χ2v) is 5.03. The van der Waals surface area contributed by atoms with Crippen molar-refractivity contribution in [2.45, 2.75) is 25.4 Å². The standard InChI is InChI=1S/C12H13Cl2NO2/c13-9-4-3-8(6-10(9)14)7-15-5-1-2-11(15)12(16)17/h3-4,6,11H,1-2,5,7H2,(H,16,17)/t11-/m0/s1. The summed E-state index contributed by atoms with van der Waals surface area (Å²) in [7, 11) is 0. The third kappa shape index (κ3) is 2.92. The number of rotatable bonds is 3. The van der Waals surface area contributed by atoms with Crippen molar-refractivity contribution in [1.82, 2.24) is 4.90 Å². The molecule has 0 bridgehead atoms. The van der Waals surface area contributed by atoms with Crippen LogP contribution in [0.2, 0.25) is 10.0 Å². The molecule has 0 aliphatic carbocycles. The zero-order chi connectivity index (χ0) is 12.4. The molecule has 1 aromatic rings. The number of carboxylic acids is 1. The Morgan fingerprint density at radius 3 is 2.82 bits per heavy atom. The minimum Gasteiger partial charge on any atom is -0.480 e. The van der Waals surface area contributed by atoms with E-state index in [0.29, 0.717) is 16.6 Å². The number of hydrogen-bond donors (Lipinski definition) is 1. The number of nitrogens with zero attached hydrogens (tertiary/aromatic N) is 1. The molecule has 0 radical (unpaired) electrons. The molecule has 5 heteroatoms. The molecule has 2 rings (SSSR count). The summed E-state index contributed by atoms with van der Waals surface area (Å²) in [4.78, 5) is 13.0. The molecule has 0 spiro atoms. The maximum absolute atomic E-state index is 11.0. The van der Waals surface area contributed by atoms with Gasteiger partial charge in [0, 0.05) is 6.54 Å². The molecule has 92 valence electrons. The molecule has 1 aliphatic heterocycles. The zero-order valence-electron chi connectivity index (χ0n) is 9.20. The normalized spacial score (nSPS) is 20.7. The molecule has 1 heterocycles. The van der Waals surface area contributed by atoms with E-state index in [1.165, 1.54) is 0 Å². The van der Waals surface area contributed by atoms with Crippen molar-refractivity contribution in [2.75, 3.05) is 6.54 Å². The van der Waals surface area contributed by atoms with E-state index in [-0.39, 0.29) is 6.04 Å². The van der Waals surface area contributed by atoms with Gasteiger partial charge in [-0.05, 0) is 37.1 Å². The van der Waals surface area contributed by atoms with E-state index in [0.717, 1.165) is 24.9 Å². The Kier molecular flexibility index (Phi) is 3.92. The first-order valence-electron chi connectivity index (χ1n) is 5.48. The van der Waals surface area contributed by atoms with Crippen molar-refractivity contribution in [1.29, 1.82) is 0 Å². The van der Waals surface area contributed by atoms with Gasteiger partial charge in [0.2, 0.25) is 0 Å². The van der Waals surface area contributed by atoms with Crippen molar-refractivity contribution in [3.05, 3.63) is 33.8 Å². The highest BCUT2D eigenvalue weighted by Crippen LogP contribution is 2.25. The number of hydrogen-bond acceptors (Lipinski definition) is 2. The van der Waals surface area contributed by atoms with Crippen molar-refractivity contribution in [3.8, 4) is 0 Å². The average molecular weight is 274 g/mol. The molecule has 17 heavy (non-hydrogen) atoms. The molecule has 1 aromatic carbocycles. The molecular weight excluding hydrogens is 261 g/mol. The van der Waals surface area contributed by atoms with E-state index in [1.54, 1.807) is 12.1 Å². The van der Waals surface area contributed by atoms with Crippen LogP contribution in [0.3, 0.4) is 0 Å². The van der Waals surface area contributed by atoms with Gasteiger partial charge in [0.05, 0.1) is 10.0 Å². The smallest absolute Gasteiger partial charge is 0.320 e. The number of likely N-dealkylation sites (tertiary alicyclic amines) is 1. The molecule has 0 aromatic heterocycles. The molecular formula is C12H13Cl2NO2. The molecule has 1 fully saturated rings. The van der Waals surface area contributed by atoms with Crippen LogP contribution in [0.25, 0.3) is 0 Å². The highest BCUT2D eigenvalue weighted by atomic mass is 35.5. The summed E-state index contributed by atoms with van der Waals surface area (Å²) in [6.45, 7) is 1.42. The molecule has 0 amide bonds. The SMILES string of the molecule is O=C(O)[C@@H]1CCCN1Cc1ccc(Cl)c(Cl)c1. The Labute approximate surface area is 110 Å². The zero-order valence-corrected chi connectivity index (χ0v) is 10.7. The predicted molar refractivity (Wildman–Crippen MR) is 67.5 cm³/mol. The van der Waals surface area contributed by atoms with Crippen molar-refractivity contribution >= 4 is 29.2 Å². The summed E-state index contributed by atoms with van der Waals surface area (Å²) < 4.78 is 0. The fraction of sp³-hybridized carbons (Fsp3) is 0.417. The Balaban J connectivity index is 2.09. The lowest BCUT2D eigenvalue weighted by Crippen LogP contribution is -2.35. The maximum atomic E-state index is 11.0. The fourth-order valence-electron chi connectivity index (χ4n) is 2.17. The molecule has 1 atom stereocenters. The maximum Gasteiger partial charge on any atom is 0.320 e. The molecule has 3 nitrogen and oxygen atoms in total. The topological polar surface area (TPSA) is 40.5 Å². The first-order chi connectivity index (χ1) is 8.08. The van der Waals surface area contributed by atoms with Gasteiger partial charge in [0.25, 0.3) is 0 Å². The van der Waals surface area contributed by atoms with E-state index in [1.807, 2.05) is 11.0 Å². The summed E-state index contributed by atoms with van der Waals surface area (Å²) in [6, 6.07) is 5.04. The molecule has 0 unspecified atom stereocenters.